The summed E-state index contributed by atoms with van der Waals surface area (Å²) in [6.45, 7) is 4.14. The van der Waals surface area contributed by atoms with Crippen LogP contribution >= 0.6 is 11.6 Å². The van der Waals surface area contributed by atoms with Crippen LogP contribution in [0.15, 0.2) is 53.1 Å². The number of nitrogens with zero attached hydrogens (tertiary/aromatic N) is 2. The molecule has 1 unspecified atom stereocenters. The Morgan fingerprint density at radius 3 is 2.85 bits per heavy atom. The van der Waals surface area contributed by atoms with Gasteiger partial charge in [-0.1, -0.05) is 41.0 Å². The molecule has 27 heavy (non-hydrogen) atoms. The highest BCUT2D eigenvalue weighted by molar-refractivity contribution is 6.30. The van der Waals surface area contributed by atoms with Gasteiger partial charge in [-0.3, -0.25) is 0 Å². The molecule has 8 heteroatoms. The van der Waals surface area contributed by atoms with Crippen LogP contribution in [-0.2, 0) is 0 Å². The van der Waals surface area contributed by atoms with E-state index in [-0.39, 0.29) is 0 Å². The molecule has 3 rings (SSSR count). The van der Waals surface area contributed by atoms with Crippen molar-refractivity contribution in [3.8, 4) is 17.1 Å². The van der Waals surface area contributed by atoms with E-state index in [0.29, 0.717) is 34.8 Å². The second-order valence-electron chi connectivity index (χ2n) is 5.72. The van der Waals surface area contributed by atoms with E-state index in [9.17, 15) is 4.79 Å². The van der Waals surface area contributed by atoms with Gasteiger partial charge >= 0.3 is 6.03 Å². The summed E-state index contributed by atoms with van der Waals surface area (Å²) in [6, 6.07) is 13.5. The Bertz CT molecular complexity index is 929. The lowest BCUT2D eigenvalue weighted by atomic mass is 10.2. The topological polar surface area (TPSA) is 89.3 Å². The SMILES string of the molecule is CCOc1ccccc1NC(=O)NC(C)c1nc(-c2cccc(Cl)c2)no1. The quantitative estimate of drug-likeness (QED) is 0.642. The lowest BCUT2D eigenvalue weighted by Gasteiger charge is -2.14. The zero-order chi connectivity index (χ0) is 19.2. The first-order valence-corrected chi connectivity index (χ1v) is 8.83. The minimum atomic E-state index is -0.482. The third-order valence-corrected chi connectivity index (χ3v) is 3.91. The van der Waals surface area contributed by atoms with E-state index in [4.69, 9.17) is 20.9 Å². The first-order chi connectivity index (χ1) is 13.1. The van der Waals surface area contributed by atoms with Crippen LogP contribution < -0.4 is 15.4 Å². The highest BCUT2D eigenvalue weighted by Crippen LogP contribution is 2.24. The van der Waals surface area contributed by atoms with Gasteiger partial charge in [0.2, 0.25) is 11.7 Å². The Morgan fingerprint density at radius 2 is 2.07 bits per heavy atom. The van der Waals surface area contributed by atoms with Crippen molar-refractivity contribution in [2.24, 2.45) is 0 Å². The summed E-state index contributed by atoms with van der Waals surface area (Å²) in [4.78, 5) is 16.6. The van der Waals surface area contributed by atoms with Crippen LogP contribution in [0.4, 0.5) is 10.5 Å². The molecule has 0 spiro atoms. The van der Waals surface area contributed by atoms with Crippen LogP contribution in [0.5, 0.6) is 5.75 Å². The van der Waals surface area contributed by atoms with Gasteiger partial charge in [0.15, 0.2) is 0 Å². The lowest BCUT2D eigenvalue weighted by molar-refractivity contribution is 0.245. The third kappa shape index (κ3) is 4.77. The van der Waals surface area contributed by atoms with Gasteiger partial charge in [-0.2, -0.15) is 4.98 Å². The molecule has 3 aromatic rings. The summed E-state index contributed by atoms with van der Waals surface area (Å²) in [6.07, 6.45) is 0. The van der Waals surface area contributed by atoms with Gasteiger partial charge < -0.3 is 19.9 Å². The molecule has 1 heterocycles. The molecule has 0 bridgehead atoms. The number of aromatic nitrogens is 2. The number of amides is 2. The average Bonchev–Trinajstić information content (AvgIpc) is 3.14. The molecule has 1 atom stereocenters. The van der Waals surface area contributed by atoms with E-state index in [0.717, 1.165) is 5.56 Å². The maximum Gasteiger partial charge on any atom is 0.319 e. The van der Waals surface area contributed by atoms with Crippen molar-refractivity contribution in [2.75, 3.05) is 11.9 Å². The van der Waals surface area contributed by atoms with Crippen molar-refractivity contribution in [1.29, 1.82) is 0 Å². The monoisotopic (exact) mass is 386 g/mol. The van der Waals surface area contributed by atoms with E-state index in [2.05, 4.69) is 20.8 Å². The summed E-state index contributed by atoms with van der Waals surface area (Å²) in [5.41, 5.74) is 1.31. The summed E-state index contributed by atoms with van der Waals surface area (Å²) < 4.78 is 10.8. The summed E-state index contributed by atoms with van der Waals surface area (Å²) in [7, 11) is 0. The summed E-state index contributed by atoms with van der Waals surface area (Å²) >= 11 is 5.98. The second kappa shape index (κ2) is 8.55. The largest absolute Gasteiger partial charge is 0.492 e. The fourth-order valence-electron chi connectivity index (χ4n) is 2.42. The molecule has 0 aliphatic rings. The molecular formula is C19H19ClN4O3. The number of nitrogens with one attached hydrogen (secondary N) is 2. The van der Waals surface area contributed by atoms with Crippen LogP contribution in [0.25, 0.3) is 11.4 Å². The fraction of sp³-hybridized carbons (Fsp3) is 0.211. The molecule has 0 saturated carbocycles. The number of ether oxygens (including phenoxy) is 1. The normalized spacial score (nSPS) is 11.7. The van der Waals surface area contributed by atoms with Gasteiger partial charge in [0.25, 0.3) is 0 Å². The number of carbonyl (C=O) groups excluding carboxylic acids is 1. The molecule has 0 fully saturated rings. The molecule has 0 radical (unpaired) electrons. The molecular weight excluding hydrogens is 368 g/mol. The molecule has 2 aromatic carbocycles. The Hall–Kier alpha value is -3.06. The molecule has 2 amide bonds. The first kappa shape index (κ1) is 18.7. The number of hydrogen-bond donors (Lipinski definition) is 2. The highest BCUT2D eigenvalue weighted by atomic mass is 35.5. The van der Waals surface area contributed by atoms with Crippen LogP contribution in [0.1, 0.15) is 25.8 Å². The molecule has 0 saturated heterocycles. The van der Waals surface area contributed by atoms with Gasteiger partial charge in [0.05, 0.1) is 12.3 Å². The smallest absolute Gasteiger partial charge is 0.319 e. The van der Waals surface area contributed by atoms with Crippen LogP contribution in [-0.4, -0.2) is 22.8 Å². The Labute approximate surface area is 161 Å². The molecule has 140 valence electrons. The van der Waals surface area contributed by atoms with E-state index >= 15 is 0 Å². The number of rotatable bonds is 6. The van der Waals surface area contributed by atoms with Gasteiger partial charge in [-0.05, 0) is 38.1 Å². The Balaban J connectivity index is 1.65. The standard InChI is InChI=1S/C19H19ClN4O3/c1-3-26-16-10-5-4-9-15(16)22-19(25)21-12(2)18-23-17(24-27-18)13-7-6-8-14(20)11-13/h4-12H,3H2,1-2H3,(H2,21,22,25). The number of carbonyl (C=O) groups is 1. The molecule has 0 aliphatic heterocycles. The van der Waals surface area contributed by atoms with Crippen molar-refractivity contribution in [1.82, 2.24) is 15.5 Å². The van der Waals surface area contributed by atoms with Crippen molar-refractivity contribution in [3.05, 3.63) is 59.4 Å². The van der Waals surface area contributed by atoms with E-state index in [1.165, 1.54) is 0 Å². The van der Waals surface area contributed by atoms with Gasteiger partial charge in [-0.15, -0.1) is 0 Å². The number of hydrogen-bond acceptors (Lipinski definition) is 5. The molecule has 2 N–H and O–H groups in total. The van der Waals surface area contributed by atoms with Gasteiger partial charge in [-0.25, -0.2) is 4.79 Å². The molecule has 0 aliphatic carbocycles. The maximum atomic E-state index is 12.3. The van der Waals surface area contributed by atoms with E-state index < -0.39 is 12.1 Å². The van der Waals surface area contributed by atoms with Crippen molar-refractivity contribution >= 4 is 23.3 Å². The van der Waals surface area contributed by atoms with E-state index in [1.54, 1.807) is 37.3 Å². The first-order valence-electron chi connectivity index (χ1n) is 8.45. The highest BCUT2D eigenvalue weighted by Gasteiger charge is 2.18. The molecule has 7 nitrogen and oxygen atoms in total. The zero-order valence-corrected chi connectivity index (χ0v) is 15.7. The van der Waals surface area contributed by atoms with Crippen molar-refractivity contribution in [2.45, 2.75) is 19.9 Å². The minimum Gasteiger partial charge on any atom is -0.492 e. The van der Waals surface area contributed by atoms with Crippen LogP contribution in [0.2, 0.25) is 5.02 Å². The van der Waals surface area contributed by atoms with Crippen molar-refractivity contribution < 1.29 is 14.1 Å². The van der Waals surface area contributed by atoms with Gasteiger partial charge in [0.1, 0.15) is 11.8 Å². The van der Waals surface area contributed by atoms with Crippen LogP contribution in [0.3, 0.4) is 0 Å². The number of anilines is 1. The van der Waals surface area contributed by atoms with Crippen LogP contribution in [0, 0.1) is 0 Å². The predicted octanol–water partition coefficient (Wildman–Crippen LogP) is 4.67. The lowest BCUT2D eigenvalue weighted by Crippen LogP contribution is -2.31. The number of urea groups is 1. The summed E-state index contributed by atoms with van der Waals surface area (Å²) in [5.74, 6) is 1.30. The Morgan fingerprint density at radius 1 is 1.26 bits per heavy atom. The fourth-order valence-corrected chi connectivity index (χ4v) is 2.61. The molecule has 1 aromatic heterocycles. The number of para-hydroxylation sites is 2. The number of halogens is 1. The average molecular weight is 387 g/mol. The maximum absolute atomic E-state index is 12.3. The van der Waals surface area contributed by atoms with Crippen molar-refractivity contribution in [3.63, 3.8) is 0 Å². The Kier molecular flexibility index (Phi) is 5.93. The third-order valence-electron chi connectivity index (χ3n) is 3.68. The van der Waals surface area contributed by atoms with E-state index in [1.807, 2.05) is 25.1 Å². The zero-order valence-electron chi connectivity index (χ0n) is 14.9. The van der Waals surface area contributed by atoms with Gasteiger partial charge in [0, 0.05) is 10.6 Å². The summed E-state index contributed by atoms with van der Waals surface area (Å²) in [5, 5.41) is 10.0. The minimum absolute atomic E-state index is 0.290. The number of benzene rings is 2. The predicted molar refractivity (Wildman–Crippen MR) is 103 cm³/mol. The second-order valence-corrected chi connectivity index (χ2v) is 6.15.